The topological polar surface area (TPSA) is 73.1 Å². The Labute approximate surface area is 134 Å². The summed E-state index contributed by atoms with van der Waals surface area (Å²) in [5.74, 6) is 0. The zero-order chi connectivity index (χ0) is 16.2. The third-order valence-electron chi connectivity index (χ3n) is 3.54. The first kappa shape index (κ1) is 15.2. The average molecular weight is 313 g/mol. The first-order valence-corrected chi connectivity index (χ1v) is 7.61. The lowest BCUT2D eigenvalue weighted by molar-refractivity contribution is 0.0799. The molecule has 7 heteroatoms. The van der Waals surface area contributed by atoms with E-state index in [2.05, 4.69) is 15.3 Å². The van der Waals surface area contributed by atoms with Gasteiger partial charge in [-0.3, -0.25) is 4.98 Å². The van der Waals surface area contributed by atoms with Crippen LogP contribution in [0.5, 0.6) is 0 Å². The highest BCUT2D eigenvalue weighted by Crippen LogP contribution is 2.21. The average Bonchev–Trinajstić information content (AvgIpc) is 3.05. The first-order valence-electron chi connectivity index (χ1n) is 7.61. The largest absolute Gasteiger partial charge is 0.447 e. The first-order chi connectivity index (χ1) is 11.1. The van der Waals surface area contributed by atoms with Crippen molar-refractivity contribution in [2.75, 3.05) is 13.1 Å². The van der Waals surface area contributed by atoms with Gasteiger partial charge >= 0.3 is 6.09 Å². The van der Waals surface area contributed by atoms with Gasteiger partial charge in [0.2, 0.25) is 0 Å². The zero-order valence-corrected chi connectivity index (χ0v) is 13.2. The van der Waals surface area contributed by atoms with Gasteiger partial charge < -0.3 is 9.64 Å². The Balaban J connectivity index is 1.69. The summed E-state index contributed by atoms with van der Waals surface area (Å²) in [6.07, 6.45) is 7.70. The number of aromatic nitrogens is 4. The predicted molar refractivity (Wildman–Crippen MR) is 84.9 cm³/mol. The number of carbonyl (C=O) groups is 1. The van der Waals surface area contributed by atoms with Crippen molar-refractivity contribution in [3.63, 3.8) is 0 Å². The molecule has 0 radical (unpaired) electrons. The number of pyridine rings is 1. The van der Waals surface area contributed by atoms with Crippen LogP contribution in [-0.4, -0.2) is 50.2 Å². The minimum atomic E-state index is -0.269. The van der Waals surface area contributed by atoms with Crippen molar-refractivity contribution in [3.05, 3.63) is 42.5 Å². The van der Waals surface area contributed by atoms with Crippen molar-refractivity contribution < 1.29 is 9.53 Å². The van der Waals surface area contributed by atoms with Crippen LogP contribution in [0.2, 0.25) is 0 Å². The SMILES string of the molecule is CC(C)OC(=O)N1CC=C(c2cn(-c3cccnc3)nn2)CC1. The molecular weight excluding hydrogens is 294 g/mol. The van der Waals surface area contributed by atoms with Gasteiger partial charge in [-0.25, -0.2) is 9.48 Å². The van der Waals surface area contributed by atoms with Crippen LogP contribution in [0.4, 0.5) is 4.79 Å². The molecule has 0 spiro atoms. The van der Waals surface area contributed by atoms with E-state index >= 15 is 0 Å². The summed E-state index contributed by atoms with van der Waals surface area (Å²) in [5.41, 5.74) is 2.78. The van der Waals surface area contributed by atoms with Gasteiger partial charge in [-0.05, 0) is 38.0 Å². The highest BCUT2D eigenvalue weighted by molar-refractivity contribution is 5.71. The van der Waals surface area contributed by atoms with Gasteiger partial charge in [-0.1, -0.05) is 11.3 Å². The molecule has 0 fully saturated rings. The molecule has 3 rings (SSSR count). The van der Waals surface area contributed by atoms with Gasteiger partial charge in [-0.2, -0.15) is 0 Å². The van der Waals surface area contributed by atoms with Gasteiger partial charge in [0.05, 0.1) is 24.2 Å². The number of nitrogens with zero attached hydrogens (tertiary/aromatic N) is 5. The number of hydrogen-bond donors (Lipinski definition) is 0. The van der Waals surface area contributed by atoms with Crippen LogP contribution in [0.15, 0.2) is 36.8 Å². The second kappa shape index (κ2) is 6.60. The van der Waals surface area contributed by atoms with E-state index in [0.29, 0.717) is 13.1 Å². The van der Waals surface area contributed by atoms with E-state index in [9.17, 15) is 4.79 Å². The van der Waals surface area contributed by atoms with Gasteiger partial charge in [-0.15, -0.1) is 5.10 Å². The van der Waals surface area contributed by atoms with E-state index in [-0.39, 0.29) is 12.2 Å². The summed E-state index contributed by atoms with van der Waals surface area (Å²) in [6, 6.07) is 3.78. The molecule has 0 saturated carbocycles. The highest BCUT2D eigenvalue weighted by atomic mass is 16.6. The molecule has 1 amide bonds. The Morgan fingerprint density at radius 3 is 2.91 bits per heavy atom. The summed E-state index contributed by atoms with van der Waals surface area (Å²) in [7, 11) is 0. The van der Waals surface area contributed by atoms with E-state index in [1.54, 1.807) is 22.0 Å². The van der Waals surface area contributed by atoms with Crippen LogP contribution < -0.4 is 0 Å². The van der Waals surface area contributed by atoms with Crippen LogP contribution in [0.3, 0.4) is 0 Å². The maximum absolute atomic E-state index is 11.9. The summed E-state index contributed by atoms with van der Waals surface area (Å²) in [5, 5.41) is 8.35. The third-order valence-corrected chi connectivity index (χ3v) is 3.54. The number of rotatable bonds is 3. The van der Waals surface area contributed by atoms with Crippen LogP contribution in [-0.2, 0) is 4.74 Å². The van der Waals surface area contributed by atoms with Crippen molar-refractivity contribution in [1.29, 1.82) is 0 Å². The van der Waals surface area contributed by atoms with E-state index < -0.39 is 0 Å². The van der Waals surface area contributed by atoms with Crippen LogP contribution in [0.1, 0.15) is 26.0 Å². The number of ether oxygens (including phenoxy) is 1. The minimum Gasteiger partial charge on any atom is -0.447 e. The van der Waals surface area contributed by atoms with Crippen molar-refractivity contribution >= 4 is 11.7 Å². The fraction of sp³-hybridized carbons (Fsp3) is 0.375. The molecule has 1 aliphatic heterocycles. The van der Waals surface area contributed by atoms with Gasteiger partial charge in [0, 0.05) is 19.3 Å². The number of hydrogen-bond acceptors (Lipinski definition) is 5. The molecule has 7 nitrogen and oxygen atoms in total. The summed E-state index contributed by atoms with van der Waals surface area (Å²) in [4.78, 5) is 17.6. The zero-order valence-electron chi connectivity index (χ0n) is 13.2. The Morgan fingerprint density at radius 1 is 1.39 bits per heavy atom. The van der Waals surface area contributed by atoms with Crippen molar-refractivity contribution in [2.24, 2.45) is 0 Å². The van der Waals surface area contributed by atoms with Crippen LogP contribution in [0.25, 0.3) is 11.3 Å². The molecule has 2 aromatic rings. The van der Waals surface area contributed by atoms with Crippen molar-refractivity contribution in [1.82, 2.24) is 24.9 Å². The minimum absolute atomic E-state index is 0.104. The van der Waals surface area contributed by atoms with E-state index in [4.69, 9.17) is 4.74 Å². The lowest BCUT2D eigenvalue weighted by Crippen LogP contribution is -2.36. The van der Waals surface area contributed by atoms with Crippen LogP contribution >= 0.6 is 0 Å². The summed E-state index contributed by atoms with van der Waals surface area (Å²) >= 11 is 0. The maximum Gasteiger partial charge on any atom is 0.410 e. The molecule has 120 valence electrons. The Bertz CT molecular complexity index is 708. The molecule has 0 bridgehead atoms. The van der Waals surface area contributed by atoms with Gasteiger partial charge in [0.1, 0.15) is 5.69 Å². The molecular formula is C16H19N5O2. The van der Waals surface area contributed by atoms with E-state index in [0.717, 1.165) is 23.4 Å². The third kappa shape index (κ3) is 3.56. The molecule has 0 N–H and O–H groups in total. The normalized spacial score (nSPS) is 14.7. The van der Waals surface area contributed by atoms with Gasteiger partial charge in [0.15, 0.2) is 0 Å². The smallest absolute Gasteiger partial charge is 0.410 e. The molecule has 2 aromatic heterocycles. The lowest BCUT2D eigenvalue weighted by Gasteiger charge is -2.26. The van der Waals surface area contributed by atoms with Crippen molar-refractivity contribution in [3.8, 4) is 5.69 Å². The monoisotopic (exact) mass is 313 g/mol. The molecule has 0 saturated heterocycles. The standard InChI is InChI=1S/C16H19N5O2/c1-12(2)23-16(22)20-8-5-13(6-9-20)15-11-21(19-18-15)14-4-3-7-17-10-14/h3-5,7,10-12H,6,8-9H2,1-2H3. The van der Waals surface area contributed by atoms with Crippen LogP contribution in [0, 0.1) is 0 Å². The van der Waals surface area contributed by atoms with E-state index in [1.165, 1.54) is 0 Å². The molecule has 3 heterocycles. The molecule has 0 aromatic carbocycles. The maximum atomic E-state index is 11.9. The second-order valence-corrected chi connectivity index (χ2v) is 5.62. The Kier molecular flexibility index (Phi) is 4.36. The van der Waals surface area contributed by atoms with Crippen molar-refractivity contribution in [2.45, 2.75) is 26.4 Å². The van der Waals surface area contributed by atoms with E-state index in [1.807, 2.05) is 38.3 Å². The quantitative estimate of drug-likeness (QED) is 0.869. The second-order valence-electron chi connectivity index (χ2n) is 5.62. The predicted octanol–water partition coefficient (Wildman–Crippen LogP) is 2.30. The molecule has 23 heavy (non-hydrogen) atoms. The Morgan fingerprint density at radius 2 is 2.26 bits per heavy atom. The van der Waals surface area contributed by atoms with Gasteiger partial charge in [0.25, 0.3) is 0 Å². The fourth-order valence-corrected chi connectivity index (χ4v) is 2.37. The summed E-state index contributed by atoms with van der Waals surface area (Å²) in [6.45, 7) is 4.84. The lowest BCUT2D eigenvalue weighted by atomic mass is 10.1. The molecule has 0 atom stereocenters. The Hall–Kier alpha value is -2.70. The highest BCUT2D eigenvalue weighted by Gasteiger charge is 2.21. The number of carbonyl (C=O) groups excluding carboxylic acids is 1. The summed E-state index contributed by atoms with van der Waals surface area (Å²) < 4.78 is 6.91. The number of amides is 1. The molecule has 0 unspecified atom stereocenters. The molecule has 0 aliphatic carbocycles. The molecule has 1 aliphatic rings. The fourth-order valence-electron chi connectivity index (χ4n) is 2.37.